The molecule has 5 nitrogen and oxygen atoms in total. The lowest BCUT2D eigenvalue weighted by Crippen LogP contribution is -2.29. The topological polar surface area (TPSA) is 64.0 Å². The van der Waals surface area contributed by atoms with Gasteiger partial charge < -0.3 is 5.32 Å². The molecule has 0 bridgehead atoms. The zero-order valence-corrected chi connectivity index (χ0v) is 16.4. The molecular weight excluding hydrogens is 413 g/mol. The zero-order valence-electron chi connectivity index (χ0n) is 14.8. The van der Waals surface area contributed by atoms with Gasteiger partial charge in [-0.2, -0.15) is 5.10 Å². The Bertz CT molecular complexity index is 1080. The molecule has 1 N–H and O–H groups in total. The Balaban J connectivity index is 1.85. The molecule has 0 saturated carbocycles. The quantitative estimate of drug-likeness (QED) is 0.679. The first-order valence-corrected chi connectivity index (χ1v) is 9.03. The van der Waals surface area contributed by atoms with Crippen molar-refractivity contribution in [2.24, 2.45) is 0 Å². The minimum atomic E-state index is -0.567. The van der Waals surface area contributed by atoms with Gasteiger partial charge in [-0.05, 0) is 49.7 Å². The summed E-state index contributed by atoms with van der Waals surface area (Å²) >= 11 is 3.16. The second-order valence-electron chi connectivity index (χ2n) is 6.21. The van der Waals surface area contributed by atoms with Crippen LogP contribution in [-0.2, 0) is 11.3 Å². The number of nitrogens with zero attached hydrogens (tertiary/aromatic N) is 2. The summed E-state index contributed by atoms with van der Waals surface area (Å²) in [4.78, 5) is 24.3. The first-order chi connectivity index (χ1) is 12.8. The summed E-state index contributed by atoms with van der Waals surface area (Å²) in [6, 6.07) is 13.3. The first kappa shape index (κ1) is 19.0. The van der Waals surface area contributed by atoms with Crippen molar-refractivity contribution in [1.29, 1.82) is 0 Å². The van der Waals surface area contributed by atoms with E-state index in [0.29, 0.717) is 10.2 Å². The highest BCUT2D eigenvalue weighted by Gasteiger charge is 2.12. The van der Waals surface area contributed by atoms with Crippen LogP contribution in [-0.4, -0.2) is 15.7 Å². The van der Waals surface area contributed by atoms with E-state index in [2.05, 4.69) is 26.3 Å². The fraction of sp³-hybridized carbons (Fsp3) is 0.150. The molecular formula is C20H17BrFN3O2. The molecule has 0 fully saturated rings. The van der Waals surface area contributed by atoms with E-state index in [4.69, 9.17) is 0 Å². The van der Waals surface area contributed by atoms with Crippen LogP contribution in [0, 0.1) is 19.7 Å². The van der Waals surface area contributed by atoms with E-state index in [-0.39, 0.29) is 12.2 Å². The molecule has 0 radical (unpaired) electrons. The molecule has 0 aliphatic rings. The summed E-state index contributed by atoms with van der Waals surface area (Å²) in [5.41, 5.74) is 3.21. The van der Waals surface area contributed by atoms with Crippen LogP contribution in [0.5, 0.6) is 0 Å². The van der Waals surface area contributed by atoms with Crippen LogP contribution in [0.25, 0.3) is 11.3 Å². The Hall–Kier alpha value is -2.80. The van der Waals surface area contributed by atoms with Crippen molar-refractivity contribution in [1.82, 2.24) is 9.78 Å². The van der Waals surface area contributed by atoms with E-state index >= 15 is 0 Å². The van der Waals surface area contributed by atoms with Gasteiger partial charge in [0.2, 0.25) is 5.91 Å². The number of nitrogens with one attached hydrogen (secondary N) is 1. The number of amides is 1. The van der Waals surface area contributed by atoms with E-state index in [1.165, 1.54) is 18.2 Å². The summed E-state index contributed by atoms with van der Waals surface area (Å²) in [6.07, 6.45) is 0. The summed E-state index contributed by atoms with van der Waals surface area (Å²) in [6.45, 7) is 3.61. The molecule has 1 amide bonds. The second-order valence-corrected chi connectivity index (χ2v) is 7.12. The number of carbonyl (C=O) groups excluding carboxylic acids is 1. The molecule has 1 aromatic heterocycles. The van der Waals surface area contributed by atoms with Gasteiger partial charge in [-0.1, -0.05) is 33.6 Å². The SMILES string of the molecule is Cc1ccc(C)c(-c2ccc(=O)n(CC(=O)Nc3ccc(Br)cc3F)n2)c1. The number of aryl methyl sites for hydroxylation is 2. The number of carbonyl (C=O) groups is 1. The Morgan fingerprint density at radius 3 is 2.67 bits per heavy atom. The number of anilines is 1. The van der Waals surface area contributed by atoms with Crippen molar-refractivity contribution in [3.05, 3.63) is 80.3 Å². The van der Waals surface area contributed by atoms with Gasteiger partial charge in [0.05, 0.1) is 11.4 Å². The third-order valence-corrected chi connectivity index (χ3v) is 4.53. The highest BCUT2D eigenvalue weighted by Crippen LogP contribution is 2.22. The number of halogens is 2. The first-order valence-electron chi connectivity index (χ1n) is 8.24. The lowest BCUT2D eigenvalue weighted by Gasteiger charge is -2.10. The fourth-order valence-corrected chi connectivity index (χ4v) is 2.97. The van der Waals surface area contributed by atoms with Crippen LogP contribution in [0.2, 0.25) is 0 Å². The van der Waals surface area contributed by atoms with Gasteiger partial charge >= 0.3 is 0 Å². The summed E-state index contributed by atoms with van der Waals surface area (Å²) in [5, 5.41) is 6.76. The number of rotatable bonds is 4. The standard InChI is InChI=1S/C20H17BrFN3O2/c1-12-3-4-13(2)15(9-12)17-7-8-20(27)25(24-17)11-19(26)23-18-6-5-14(21)10-16(18)22/h3-10H,11H2,1-2H3,(H,23,26). The van der Waals surface area contributed by atoms with Crippen molar-refractivity contribution in [3.63, 3.8) is 0 Å². The number of benzene rings is 2. The highest BCUT2D eigenvalue weighted by atomic mass is 79.9. The third-order valence-electron chi connectivity index (χ3n) is 4.03. The molecule has 0 aliphatic carbocycles. The van der Waals surface area contributed by atoms with Gasteiger partial charge in [0.15, 0.2) is 0 Å². The van der Waals surface area contributed by atoms with E-state index in [0.717, 1.165) is 21.4 Å². The largest absolute Gasteiger partial charge is 0.322 e. The van der Waals surface area contributed by atoms with Gasteiger partial charge in [0, 0.05) is 16.1 Å². The molecule has 0 saturated heterocycles. The lowest BCUT2D eigenvalue weighted by atomic mass is 10.0. The molecule has 3 aromatic rings. The van der Waals surface area contributed by atoms with Gasteiger partial charge in [-0.15, -0.1) is 0 Å². The molecule has 138 valence electrons. The van der Waals surface area contributed by atoms with E-state index in [9.17, 15) is 14.0 Å². The van der Waals surface area contributed by atoms with Crippen LogP contribution in [0.1, 0.15) is 11.1 Å². The summed E-state index contributed by atoms with van der Waals surface area (Å²) in [7, 11) is 0. The van der Waals surface area contributed by atoms with E-state index in [1.54, 1.807) is 12.1 Å². The molecule has 0 aliphatic heterocycles. The van der Waals surface area contributed by atoms with Crippen molar-refractivity contribution in [2.45, 2.75) is 20.4 Å². The zero-order chi connectivity index (χ0) is 19.6. The van der Waals surface area contributed by atoms with Crippen molar-refractivity contribution >= 4 is 27.5 Å². The average molecular weight is 430 g/mol. The number of hydrogen-bond acceptors (Lipinski definition) is 3. The summed E-state index contributed by atoms with van der Waals surface area (Å²) < 4.78 is 15.5. The molecule has 1 heterocycles. The smallest absolute Gasteiger partial charge is 0.267 e. The molecule has 0 unspecified atom stereocenters. The molecule has 7 heteroatoms. The lowest BCUT2D eigenvalue weighted by molar-refractivity contribution is -0.117. The maximum atomic E-state index is 13.9. The Morgan fingerprint density at radius 1 is 1.15 bits per heavy atom. The van der Waals surface area contributed by atoms with Gasteiger partial charge in [-0.25, -0.2) is 9.07 Å². The van der Waals surface area contributed by atoms with Crippen LogP contribution in [0.3, 0.4) is 0 Å². The normalized spacial score (nSPS) is 10.7. The second kappa shape index (κ2) is 7.84. The third kappa shape index (κ3) is 4.49. The fourth-order valence-electron chi connectivity index (χ4n) is 2.63. The Labute approximate surface area is 164 Å². The Morgan fingerprint density at radius 2 is 1.93 bits per heavy atom. The Kier molecular flexibility index (Phi) is 5.51. The van der Waals surface area contributed by atoms with Crippen molar-refractivity contribution in [2.75, 3.05) is 5.32 Å². The van der Waals surface area contributed by atoms with E-state index < -0.39 is 17.3 Å². The van der Waals surface area contributed by atoms with E-state index in [1.807, 2.05) is 32.0 Å². The molecule has 2 aromatic carbocycles. The molecule has 0 spiro atoms. The maximum Gasteiger partial charge on any atom is 0.267 e. The minimum absolute atomic E-state index is 0.0435. The van der Waals surface area contributed by atoms with Gasteiger partial charge in [-0.3, -0.25) is 9.59 Å². The van der Waals surface area contributed by atoms with Crippen LogP contribution < -0.4 is 10.9 Å². The monoisotopic (exact) mass is 429 g/mol. The summed E-state index contributed by atoms with van der Waals surface area (Å²) in [5.74, 6) is -1.11. The molecule has 3 rings (SSSR count). The predicted octanol–water partition coefficient (Wildman–Crippen LogP) is 4.07. The van der Waals surface area contributed by atoms with Crippen molar-refractivity contribution < 1.29 is 9.18 Å². The van der Waals surface area contributed by atoms with Crippen LogP contribution >= 0.6 is 15.9 Å². The highest BCUT2D eigenvalue weighted by molar-refractivity contribution is 9.10. The number of aromatic nitrogens is 2. The molecule has 0 atom stereocenters. The number of hydrogen-bond donors (Lipinski definition) is 1. The van der Waals surface area contributed by atoms with Crippen LogP contribution in [0.15, 0.2) is 57.8 Å². The molecule has 27 heavy (non-hydrogen) atoms. The average Bonchev–Trinajstić information content (AvgIpc) is 2.61. The predicted molar refractivity (Wildman–Crippen MR) is 106 cm³/mol. The minimum Gasteiger partial charge on any atom is -0.322 e. The van der Waals surface area contributed by atoms with Gasteiger partial charge in [0.25, 0.3) is 5.56 Å². The van der Waals surface area contributed by atoms with Crippen molar-refractivity contribution in [3.8, 4) is 11.3 Å². The van der Waals surface area contributed by atoms with Crippen LogP contribution in [0.4, 0.5) is 10.1 Å². The maximum absolute atomic E-state index is 13.9. The van der Waals surface area contributed by atoms with Gasteiger partial charge in [0.1, 0.15) is 12.4 Å².